The lowest BCUT2D eigenvalue weighted by molar-refractivity contribution is -0.385. The number of anilines is 1. The van der Waals surface area contributed by atoms with Crippen LogP contribution in [0.4, 0.5) is 11.5 Å². The van der Waals surface area contributed by atoms with Crippen molar-refractivity contribution in [1.82, 2.24) is 10.3 Å². The number of hydrogen-bond acceptors (Lipinski definition) is 5. The van der Waals surface area contributed by atoms with E-state index in [9.17, 15) is 10.1 Å². The highest BCUT2D eigenvalue weighted by Gasteiger charge is 2.27. The second kappa shape index (κ2) is 6.49. The van der Waals surface area contributed by atoms with E-state index in [1.807, 2.05) is 7.05 Å². The summed E-state index contributed by atoms with van der Waals surface area (Å²) in [6, 6.07) is 0.387. The molecule has 110 valence electrons. The summed E-state index contributed by atoms with van der Waals surface area (Å²) in [4.78, 5) is 17.1. The Morgan fingerprint density at radius 2 is 2.35 bits per heavy atom. The van der Waals surface area contributed by atoms with Crippen LogP contribution in [-0.4, -0.2) is 36.1 Å². The number of nitrogens with one attached hydrogen (secondary N) is 1. The van der Waals surface area contributed by atoms with Crippen molar-refractivity contribution < 1.29 is 4.92 Å². The summed E-state index contributed by atoms with van der Waals surface area (Å²) in [5, 5.41) is 14.2. The minimum atomic E-state index is -0.391. The number of likely N-dealkylation sites (N-methyl/N-ethyl adjacent to an activating group) is 1. The van der Waals surface area contributed by atoms with Crippen molar-refractivity contribution in [2.45, 2.75) is 32.2 Å². The second-order valence-corrected chi connectivity index (χ2v) is 5.86. The molecule has 1 aliphatic heterocycles. The number of hydrogen-bond donors (Lipinski definition) is 1. The van der Waals surface area contributed by atoms with Crippen LogP contribution in [0.2, 0.25) is 0 Å². The summed E-state index contributed by atoms with van der Waals surface area (Å²) >= 11 is 3.48. The summed E-state index contributed by atoms with van der Waals surface area (Å²) in [7, 11) is 1.94. The van der Waals surface area contributed by atoms with Gasteiger partial charge in [-0.15, -0.1) is 0 Å². The maximum atomic E-state index is 10.9. The summed E-state index contributed by atoms with van der Waals surface area (Å²) < 4.78 is 0.731. The molecule has 0 amide bonds. The Labute approximate surface area is 126 Å². The van der Waals surface area contributed by atoms with Crippen molar-refractivity contribution in [2.24, 2.45) is 0 Å². The van der Waals surface area contributed by atoms with Crippen molar-refractivity contribution in [2.75, 3.05) is 25.0 Å². The fourth-order valence-electron chi connectivity index (χ4n) is 2.67. The molecule has 1 fully saturated rings. The molecule has 1 atom stereocenters. The molecule has 1 aliphatic rings. The number of pyridine rings is 1. The molecule has 0 aliphatic carbocycles. The Morgan fingerprint density at radius 1 is 1.60 bits per heavy atom. The fraction of sp³-hybridized carbons (Fsp3) is 0.615. The summed E-state index contributed by atoms with van der Waals surface area (Å²) in [6.45, 7) is 3.59. The molecule has 1 aromatic heterocycles. The van der Waals surface area contributed by atoms with Crippen LogP contribution in [0.5, 0.6) is 0 Å². The van der Waals surface area contributed by atoms with E-state index < -0.39 is 4.92 Å². The maximum absolute atomic E-state index is 10.9. The normalized spacial score (nSPS) is 19.1. The Hall–Kier alpha value is -1.21. The Balaban J connectivity index is 2.36. The molecule has 0 spiro atoms. The van der Waals surface area contributed by atoms with Crippen LogP contribution in [0.15, 0.2) is 10.7 Å². The largest absolute Gasteiger partial charge is 0.351 e. The van der Waals surface area contributed by atoms with Gasteiger partial charge in [-0.1, -0.05) is 0 Å². The third-order valence-corrected chi connectivity index (χ3v) is 4.70. The summed E-state index contributed by atoms with van der Waals surface area (Å²) in [5.74, 6) is 0.813. The zero-order valence-electron chi connectivity index (χ0n) is 11.7. The van der Waals surface area contributed by atoms with Crippen molar-refractivity contribution in [1.29, 1.82) is 0 Å². The van der Waals surface area contributed by atoms with Crippen LogP contribution in [-0.2, 0) is 0 Å². The van der Waals surface area contributed by atoms with Crippen LogP contribution in [0.1, 0.15) is 24.8 Å². The molecule has 1 aromatic rings. The molecular weight excluding hydrogens is 324 g/mol. The molecule has 1 saturated heterocycles. The average Bonchev–Trinajstić information content (AvgIpc) is 2.43. The predicted octanol–water partition coefficient (Wildman–Crippen LogP) is 2.64. The van der Waals surface area contributed by atoms with Crippen LogP contribution in [0.25, 0.3) is 0 Å². The van der Waals surface area contributed by atoms with E-state index >= 15 is 0 Å². The van der Waals surface area contributed by atoms with Gasteiger partial charge < -0.3 is 10.2 Å². The number of nitrogens with zero attached hydrogens (tertiary/aromatic N) is 3. The predicted molar refractivity (Wildman–Crippen MR) is 82.2 cm³/mol. The SMILES string of the molecule is CNCC1CCCCN1c1ncc([N+](=O)[O-])c(C)c1Br. The number of rotatable bonds is 4. The van der Waals surface area contributed by atoms with Gasteiger partial charge in [-0.25, -0.2) is 4.98 Å². The first kappa shape index (κ1) is 15.2. The van der Waals surface area contributed by atoms with E-state index in [1.165, 1.54) is 12.6 Å². The van der Waals surface area contributed by atoms with Crippen molar-refractivity contribution in [3.05, 3.63) is 26.3 Å². The number of aromatic nitrogens is 1. The van der Waals surface area contributed by atoms with Crippen molar-refractivity contribution in [3.8, 4) is 0 Å². The molecule has 2 rings (SSSR count). The summed E-state index contributed by atoms with van der Waals surface area (Å²) in [6.07, 6.45) is 4.82. The molecule has 0 saturated carbocycles. The smallest absolute Gasteiger partial charge is 0.291 e. The van der Waals surface area contributed by atoms with Gasteiger partial charge in [0.05, 0.1) is 9.40 Å². The van der Waals surface area contributed by atoms with Gasteiger partial charge in [0.1, 0.15) is 12.0 Å². The maximum Gasteiger partial charge on any atom is 0.291 e. The van der Waals surface area contributed by atoms with Crippen molar-refractivity contribution >= 4 is 27.4 Å². The van der Waals surface area contributed by atoms with Gasteiger partial charge >= 0.3 is 0 Å². The van der Waals surface area contributed by atoms with Gasteiger partial charge in [0, 0.05) is 24.7 Å². The third kappa shape index (κ3) is 2.93. The van der Waals surface area contributed by atoms with Crippen LogP contribution in [0, 0.1) is 17.0 Å². The minimum absolute atomic E-state index is 0.0581. The Morgan fingerprint density at radius 3 is 3.00 bits per heavy atom. The van der Waals surface area contributed by atoms with E-state index in [2.05, 4.69) is 31.1 Å². The lowest BCUT2D eigenvalue weighted by Crippen LogP contribution is -2.45. The molecule has 20 heavy (non-hydrogen) atoms. The third-order valence-electron chi connectivity index (χ3n) is 3.75. The van der Waals surface area contributed by atoms with Gasteiger partial charge in [-0.2, -0.15) is 0 Å². The van der Waals surface area contributed by atoms with Crippen LogP contribution >= 0.6 is 15.9 Å². The minimum Gasteiger partial charge on any atom is -0.351 e. The lowest BCUT2D eigenvalue weighted by atomic mass is 10.0. The monoisotopic (exact) mass is 342 g/mol. The van der Waals surface area contributed by atoms with Gasteiger partial charge in [0.15, 0.2) is 0 Å². The first-order valence-electron chi connectivity index (χ1n) is 6.77. The summed E-state index contributed by atoms with van der Waals surface area (Å²) in [5.41, 5.74) is 0.691. The molecule has 7 heteroatoms. The topological polar surface area (TPSA) is 71.3 Å². The molecule has 2 heterocycles. The fourth-order valence-corrected chi connectivity index (χ4v) is 3.20. The van der Waals surface area contributed by atoms with E-state index in [-0.39, 0.29) is 5.69 Å². The molecular formula is C13H19BrN4O2. The van der Waals surface area contributed by atoms with Gasteiger partial charge in [0.25, 0.3) is 5.69 Å². The molecule has 1 unspecified atom stereocenters. The Kier molecular flexibility index (Phi) is 4.93. The van der Waals surface area contributed by atoms with Gasteiger partial charge in [-0.3, -0.25) is 10.1 Å². The second-order valence-electron chi connectivity index (χ2n) is 5.06. The van der Waals surface area contributed by atoms with Crippen LogP contribution < -0.4 is 10.2 Å². The molecule has 0 radical (unpaired) electrons. The molecule has 0 bridgehead atoms. The Bertz CT molecular complexity index is 507. The number of nitro groups is 1. The molecule has 0 aromatic carbocycles. The highest BCUT2D eigenvalue weighted by atomic mass is 79.9. The quantitative estimate of drug-likeness (QED) is 0.672. The zero-order valence-corrected chi connectivity index (χ0v) is 13.3. The van der Waals surface area contributed by atoms with E-state index in [4.69, 9.17) is 0 Å². The average molecular weight is 343 g/mol. The van der Waals surface area contributed by atoms with E-state index in [1.54, 1.807) is 6.92 Å². The van der Waals surface area contributed by atoms with Crippen LogP contribution in [0.3, 0.4) is 0 Å². The molecule has 6 nitrogen and oxygen atoms in total. The highest BCUT2D eigenvalue weighted by Crippen LogP contribution is 2.35. The van der Waals surface area contributed by atoms with E-state index in [0.717, 1.165) is 36.2 Å². The lowest BCUT2D eigenvalue weighted by Gasteiger charge is -2.37. The first-order valence-corrected chi connectivity index (χ1v) is 7.56. The molecule has 1 N–H and O–H groups in total. The van der Waals surface area contributed by atoms with Gasteiger partial charge in [-0.05, 0) is 49.2 Å². The highest BCUT2D eigenvalue weighted by molar-refractivity contribution is 9.10. The van der Waals surface area contributed by atoms with E-state index in [0.29, 0.717) is 11.6 Å². The number of piperidine rings is 1. The standard InChI is InChI=1S/C13H19BrN4O2/c1-9-11(18(19)20)8-16-13(12(9)14)17-6-4-3-5-10(17)7-15-2/h8,10,15H,3-7H2,1-2H3. The van der Waals surface area contributed by atoms with Gasteiger partial charge in [0.2, 0.25) is 0 Å². The first-order chi connectivity index (χ1) is 9.56. The zero-order chi connectivity index (χ0) is 14.7. The number of halogens is 1. The van der Waals surface area contributed by atoms with Crippen molar-refractivity contribution in [3.63, 3.8) is 0 Å².